The summed E-state index contributed by atoms with van der Waals surface area (Å²) >= 11 is 1.43. The molecule has 1 aliphatic rings. The van der Waals surface area contributed by atoms with E-state index in [4.69, 9.17) is 4.74 Å². The van der Waals surface area contributed by atoms with E-state index in [1.54, 1.807) is 30.4 Å². The normalized spacial score (nSPS) is 18.4. The standard InChI is InChI=1S/C21H22FN3O2S/c1-3-6-19-20(26)25(14-15-9-11-17(22)12-10-15)21(28-19)24-23-13-16-7-4-5-8-18(16)27-2/h4-5,7-13,19H,3,6,14H2,1-2H3/b23-13-,24-21-/t19-/m1/s1. The first-order chi connectivity index (χ1) is 13.6. The van der Waals surface area contributed by atoms with Crippen molar-refractivity contribution in [3.05, 3.63) is 65.5 Å². The Labute approximate surface area is 168 Å². The number of hydrogen-bond acceptors (Lipinski definition) is 5. The first-order valence-corrected chi connectivity index (χ1v) is 9.97. The molecule has 0 bridgehead atoms. The summed E-state index contributed by atoms with van der Waals surface area (Å²) in [4.78, 5) is 14.4. The van der Waals surface area contributed by atoms with Crippen molar-refractivity contribution in [1.29, 1.82) is 0 Å². The molecule has 1 saturated heterocycles. The van der Waals surface area contributed by atoms with Gasteiger partial charge in [-0.2, -0.15) is 5.10 Å². The third-order valence-corrected chi connectivity index (χ3v) is 5.54. The van der Waals surface area contributed by atoms with Crippen LogP contribution in [0.2, 0.25) is 0 Å². The Kier molecular flexibility index (Phi) is 6.81. The predicted octanol–water partition coefficient (Wildman–Crippen LogP) is 4.47. The lowest BCUT2D eigenvalue weighted by atomic mass is 10.2. The van der Waals surface area contributed by atoms with Crippen molar-refractivity contribution in [3.8, 4) is 5.75 Å². The van der Waals surface area contributed by atoms with Crippen molar-refractivity contribution in [2.75, 3.05) is 7.11 Å². The van der Waals surface area contributed by atoms with E-state index in [0.29, 0.717) is 17.5 Å². The number of amides is 1. The minimum atomic E-state index is -0.301. The van der Waals surface area contributed by atoms with Crippen LogP contribution in [0.15, 0.2) is 58.7 Å². The molecule has 1 fully saturated rings. The molecule has 1 atom stereocenters. The minimum absolute atomic E-state index is 0.0161. The average molecular weight is 399 g/mol. The molecule has 1 aliphatic heterocycles. The van der Waals surface area contributed by atoms with Crippen LogP contribution in [-0.4, -0.2) is 34.5 Å². The summed E-state index contributed by atoms with van der Waals surface area (Å²) in [6.45, 7) is 2.39. The fraction of sp³-hybridized carbons (Fsp3) is 0.286. The zero-order valence-corrected chi connectivity index (χ0v) is 16.7. The SMILES string of the molecule is CCC[C@H]1S/C(=N\N=C/c2ccccc2OC)N(Cc2ccc(F)cc2)C1=O. The van der Waals surface area contributed by atoms with Crippen LogP contribution in [0, 0.1) is 5.82 Å². The topological polar surface area (TPSA) is 54.3 Å². The van der Waals surface area contributed by atoms with Crippen LogP contribution in [-0.2, 0) is 11.3 Å². The van der Waals surface area contributed by atoms with Crippen molar-refractivity contribution < 1.29 is 13.9 Å². The summed E-state index contributed by atoms with van der Waals surface area (Å²) in [5, 5.41) is 8.87. The van der Waals surface area contributed by atoms with Crippen LogP contribution in [0.1, 0.15) is 30.9 Å². The van der Waals surface area contributed by atoms with Crippen molar-refractivity contribution in [1.82, 2.24) is 4.90 Å². The van der Waals surface area contributed by atoms with Crippen molar-refractivity contribution in [2.24, 2.45) is 10.2 Å². The van der Waals surface area contributed by atoms with Crippen LogP contribution in [0.25, 0.3) is 0 Å². The zero-order valence-electron chi connectivity index (χ0n) is 15.8. The fourth-order valence-electron chi connectivity index (χ4n) is 2.86. The second-order valence-corrected chi connectivity index (χ2v) is 7.48. The first-order valence-electron chi connectivity index (χ1n) is 9.09. The molecule has 0 spiro atoms. The Morgan fingerprint density at radius 1 is 1.21 bits per heavy atom. The molecule has 7 heteroatoms. The maximum atomic E-state index is 13.2. The van der Waals surface area contributed by atoms with E-state index < -0.39 is 0 Å². The van der Waals surface area contributed by atoms with Gasteiger partial charge >= 0.3 is 0 Å². The van der Waals surface area contributed by atoms with E-state index in [1.165, 1.54) is 23.9 Å². The number of hydrogen-bond donors (Lipinski definition) is 0. The van der Waals surface area contributed by atoms with Gasteiger partial charge < -0.3 is 4.74 Å². The van der Waals surface area contributed by atoms with Gasteiger partial charge in [0.2, 0.25) is 5.91 Å². The molecule has 5 nitrogen and oxygen atoms in total. The van der Waals surface area contributed by atoms with E-state index in [-0.39, 0.29) is 17.0 Å². The molecule has 0 N–H and O–H groups in total. The number of rotatable bonds is 7. The van der Waals surface area contributed by atoms with Crippen LogP contribution in [0.5, 0.6) is 5.75 Å². The molecule has 1 amide bonds. The van der Waals surface area contributed by atoms with Gasteiger partial charge in [0.15, 0.2) is 5.17 Å². The Morgan fingerprint density at radius 3 is 2.68 bits per heavy atom. The molecule has 0 aliphatic carbocycles. The van der Waals surface area contributed by atoms with E-state index in [9.17, 15) is 9.18 Å². The minimum Gasteiger partial charge on any atom is -0.496 e. The largest absolute Gasteiger partial charge is 0.496 e. The zero-order chi connectivity index (χ0) is 19.9. The monoisotopic (exact) mass is 399 g/mol. The highest BCUT2D eigenvalue weighted by Crippen LogP contribution is 2.31. The third kappa shape index (κ3) is 4.78. The average Bonchev–Trinajstić information content (AvgIpc) is 2.99. The van der Waals surface area contributed by atoms with Crippen molar-refractivity contribution >= 4 is 29.1 Å². The van der Waals surface area contributed by atoms with Gasteiger partial charge in [0.1, 0.15) is 11.6 Å². The molecule has 3 rings (SSSR count). The highest BCUT2D eigenvalue weighted by Gasteiger charge is 2.37. The van der Waals surface area contributed by atoms with Gasteiger partial charge in [0.05, 0.1) is 25.1 Å². The maximum absolute atomic E-state index is 13.2. The molecular weight excluding hydrogens is 377 g/mol. The predicted molar refractivity (Wildman–Crippen MR) is 111 cm³/mol. The van der Waals surface area contributed by atoms with Crippen molar-refractivity contribution in [3.63, 3.8) is 0 Å². The third-order valence-electron chi connectivity index (χ3n) is 4.30. The van der Waals surface area contributed by atoms with Gasteiger partial charge in [-0.25, -0.2) is 4.39 Å². The lowest BCUT2D eigenvalue weighted by molar-refractivity contribution is -0.126. The molecule has 0 aromatic heterocycles. The van der Waals surface area contributed by atoms with Crippen molar-refractivity contribution in [2.45, 2.75) is 31.6 Å². The van der Waals surface area contributed by atoms with Gasteiger partial charge in [-0.1, -0.05) is 49.4 Å². The van der Waals surface area contributed by atoms with E-state index in [0.717, 1.165) is 24.0 Å². The van der Waals surface area contributed by atoms with Crippen LogP contribution in [0.3, 0.4) is 0 Å². The maximum Gasteiger partial charge on any atom is 0.242 e. The number of carbonyl (C=O) groups excluding carboxylic acids is 1. The quantitative estimate of drug-likeness (QED) is 0.510. The summed E-state index contributed by atoms with van der Waals surface area (Å²) in [5.41, 5.74) is 1.65. The number of carbonyl (C=O) groups is 1. The van der Waals surface area contributed by atoms with E-state index in [2.05, 4.69) is 10.2 Å². The highest BCUT2D eigenvalue weighted by atomic mass is 32.2. The molecule has 146 valence electrons. The molecular formula is C21H22FN3O2S. The summed E-state index contributed by atoms with van der Waals surface area (Å²) in [6.07, 6.45) is 3.30. The molecule has 1 heterocycles. The summed E-state index contributed by atoms with van der Waals surface area (Å²) < 4.78 is 18.5. The lowest BCUT2D eigenvalue weighted by Crippen LogP contribution is -2.31. The summed E-state index contributed by atoms with van der Waals surface area (Å²) in [5.74, 6) is 0.418. The lowest BCUT2D eigenvalue weighted by Gasteiger charge is -2.15. The van der Waals surface area contributed by atoms with Gasteiger partial charge in [-0.15, -0.1) is 5.10 Å². The number of thioether (sulfide) groups is 1. The van der Waals surface area contributed by atoms with E-state index >= 15 is 0 Å². The molecule has 2 aromatic rings. The fourth-order valence-corrected chi connectivity index (χ4v) is 4.08. The number of halogens is 1. The number of benzene rings is 2. The van der Waals surface area contributed by atoms with Gasteiger partial charge in [0.25, 0.3) is 0 Å². The molecule has 28 heavy (non-hydrogen) atoms. The van der Waals surface area contributed by atoms with Gasteiger partial charge in [-0.05, 0) is 36.2 Å². The van der Waals surface area contributed by atoms with Gasteiger partial charge in [0, 0.05) is 5.56 Å². The van der Waals surface area contributed by atoms with Crippen LogP contribution < -0.4 is 4.74 Å². The molecule has 0 unspecified atom stereocenters. The number of para-hydroxylation sites is 1. The molecule has 0 radical (unpaired) electrons. The van der Waals surface area contributed by atoms with Crippen LogP contribution >= 0.6 is 11.8 Å². The Bertz CT molecular complexity index is 883. The molecule has 0 saturated carbocycles. The van der Waals surface area contributed by atoms with E-state index in [1.807, 2.05) is 31.2 Å². The Hall–Kier alpha value is -2.67. The Morgan fingerprint density at radius 2 is 1.96 bits per heavy atom. The number of methoxy groups -OCH3 is 1. The number of ether oxygens (including phenoxy) is 1. The second kappa shape index (κ2) is 9.50. The Balaban J connectivity index is 1.82. The molecule has 2 aromatic carbocycles. The van der Waals surface area contributed by atoms with Crippen LogP contribution in [0.4, 0.5) is 4.39 Å². The van der Waals surface area contributed by atoms with Gasteiger partial charge in [-0.3, -0.25) is 9.69 Å². The smallest absolute Gasteiger partial charge is 0.242 e. The first kappa shape index (κ1) is 20.1. The number of nitrogens with zero attached hydrogens (tertiary/aromatic N) is 3. The summed E-state index contributed by atoms with van der Waals surface area (Å²) in [6, 6.07) is 13.6. The second-order valence-electron chi connectivity index (χ2n) is 6.32. The summed E-state index contributed by atoms with van der Waals surface area (Å²) in [7, 11) is 1.60. The number of amidine groups is 1. The highest BCUT2D eigenvalue weighted by molar-refractivity contribution is 8.15.